The van der Waals surface area contributed by atoms with Crippen molar-refractivity contribution in [2.45, 2.75) is 0 Å². The third-order valence-corrected chi connectivity index (χ3v) is 3.53. The molecule has 0 unspecified atom stereocenters. The number of anilines is 1. The third kappa shape index (κ3) is 5.04. The van der Waals surface area contributed by atoms with Crippen molar-refractivity contribution in [3.63, 3.8) is 0 Å². The second-order valence-corrected chi connectivity index (χ2v) is 5.52. The lowest BCUT2D eigenvalue weighted by atomic mass is 10.2. The predicted octanol–water partition coefficient (Wildman–Crippen LogP) is 2.93. The number of carbonyl (C=O) groups is 2. The Labute approximate surface area is 153 Å². The van der Waals surface area contributed by atoms with E-state index < -0.39 is 30.1 Å². The molecule has 140 valence electrons. The Morgan fingerprint density at radius 2 is 1.85 bits per heavy atom. The summed E-state index contributed by atoms with van der Waals surface area (Å²) in [6.07, 6.45) is 2.65. The maximum absolute atomic E-state index is 13.4. The second kappa shape index (κ2) is 8.31. The van der Waals surface area contributed by atoms with Crippen molar-refractivity contribution < 1.29 is 32.6 Å². The van der Waals surface area contributed by atoms with E-state index in [0.717, 1.165) is 18.2 Å². The molecular weight excluding hydrogens is 360 g/mol. The standard InChI is InChI=1S/C19H15F2NO5/c20-13-3-4-15(14(21)10-13)22-18(23)11-27-19(24)6-2-12-1-5-16-17(9-12)26-8-7-25-16/h1-6,9-10H,7-8,11H2,(H,22,23)/b6-2+. The summed E-state index contributed by atoms with van der Waals surface area (Å²) in [6, 6.07) is 7.89. The fraction of sp³-hybridized carbons (Fsp3) is 0.158. The molecule has 0 bridgehead atoms. The molecule has 1 heterocycles. The number of amides is 1. The molecule has 0 atom stereocenters. The summed E-state index contributed by atoms with van der Waals surface area (Å²) in [7, 11) is 0. The second-order valence-electron chi connectivity index (χ2n) is 5.52. The summed E-state index contributed by atoms with van der Waals surface area (Å²) in [5.41, 5.74) is 0.485. The number of benzene rings is 2. The summed E-state index contributed by atoms with van der Waals surface area (Å²) >= 11 is 0. The van der Waals surface area contributed by atoms with Crippen LogP contribution in [0.5, 0.6) is 11.5 Å². The summed E-state index contributed by atoms with van der Waals surface area (Å²) < 4.78 is 41.9. The highest BCUT2D eigenvalue weighted by Crippen LogP contribution is 2.31. The van der Waals surface area contributed by atoms with Crippen LogP contribution in [-0.2, 0) is 14.3 Å². The van der Waals surface area contributed by atoms with Crippen LogP contribution in [-0.4, -0.2) is 31.7 Å². The van der Waals surface area contributed by atoms with E-state index in [1.165, 1.54) is 6.08 Å². The molecule has 2 aromatic carbocycles. The average Bonchev–Trinajstić information content (AvgIpc) is 2.67. The van der Waals surface area contributed by atoms with E-state index in [4.69, 9.17) is 14.2 Å². The Bertz CT molecular complexity index is 898. The highest BCUT2D eigenvalue weighted by molar-refractivity contribution is 5.94. The van der Waals surface area contributed by atoms with Gasteiger partial charge >= 0.3 is 5.97 Å². The molecule has 8 heteroatoms. The summed E-state index contributed by atoms with van der Waals surface area (Å²) in [4.78, 5) is 23.4. The van der Waals surface area contributed by atoms with Gasteiger partial charge in [-0.25, -0.2) is 13.6 Å². The van der Waals surface area contributed by atoms with Gasteiger partial charge in [0, 0.05) is 12.1 Å². The van der Waals surface area contributed by atoms with Crippen LogP contribution in [0.2, 0.25) is 0 Å². The van der Waals surface area contributed by atoms with E-state index in [-0.39, 0.29) is 5.69 Å². The molecule has 6 nitrogen and oxygen atoms in total. The van der Waals surface area contributed by atoms with Crippen molar-refractivity contribution in [1.29, 1.82) is 0 Å². The van der Waals surface area contributed by atoms with Gasteiger partial charge in [-0.15, -0.1) is 0 Å². The first-order valence-electron chi connectivity index (χ1n) is 8.00. The average molecular weight is 375 g/mol. The lowest BCUT2D eigenvalue weighted by molar-refractivity contribution is -0.142. The zero-order valence-electron chi connectivity index (χ0n) is 14.0. The molecule has 1 aliphatic heterocycles. The van der Waals surface area contributed by atoms with E-state index in [1.807, 2.05) is 0 Å². The molecule has 2 aromatic rings. The number of hydrogen-bond donors (Lipinski definition) is 1. The summed E-state index contributed by atoms with van der Waals surface area (Å²) in [5, 5.41) is 2.19. The number of hydrogen-bond acceptors (Lipinski definition) is 5. The van der Waals surface area contributed by atoms with Crippen LogP contribution in [0.15, 0.2) is 42.5 Å². The van der Waals surface area contributed by atoms with Crippen molar-refractivity contribution in [1.82, 2.24) is 0 Å². The van der Waals surface area contributed by atoms with Crippen molar-refractivity contribution in [3.05, 3.63) is 59.7 Å². The van der Waals surface area contributed by atoms with Crippen LogP contribution in [0, 0.1) is 11.6 Å². The minimum absolute atomic E-state index is 0.204. The predicted molar refractivity (Wildman–Crippen MR) is 92.4 cm³/mol. The zero-order chi connectivity index (χ0) is 19.2. The fourth-order valence-electron chi connectivity index (χ4n) is 2.29. The Morgan fingerprint density at radius 1 is 1.07 bits per heavy atom. The van der Waals surface area contributed by atoms with Gasteiger partial charge in [-0.1, -0.05) is 6.07 Å². The Morgan fingerprint density at radius 3 is 2.63 bits per heavy atom. The largest absolute Gasteiger partial charge is 0.486 e. The maximum atomic E-state index is 13.4. The van der Waals surface area contributed by atoms with Crippen LogP contribution >= 0.6 is 0 Å². The molecule has 27 heavy (non-hydrogen) atoms. The third-order valence-electron chi connectivity index (χ3n) is 3.53. The molecular formula is C19H15F2NO5. The van der Waals surface area contributed by atoms with Gasteiger partial charge < -0.3 is 19.5 Å². The highest BCUT2D eigenvalue weighted by Gasteiger charge is 2.12. The molecule has 3 rings (SSSR count). The van der Waals surface area contributed by atoms with Gasteiger partial charge in [-0.2, -0.15) is 0 Å². The van der Waals surface area contributed by atoms with Crippen LogP contribution in [0.3, 0.4) is 0 Å². The molecule has 0 spiro atoms. The van der Waals surface area contributed by atoms with E-state index >= 15 is 0 Å². The molecule has 0 fully saturated rings. The van der Waals surface area contributed by atoms with Gasteiger partial charge in [0.2, 0.25) is 0 Å². The number of carbonyl (C=O) groups excluding carboxylic acids is 2. The molecule has 1 N–H and O–H groups in total. The number of nitrogens with one attached hydrogen (secondary N) is 1. The van der Waals surface area contributed by atoms with Gasteiger partial charge in [0.1, 0.15) is 24.8 Å². The quantitative estimate of drug-likeness (QED) is 0.643. The lowest BCUT2D eigenvalue weighted by Crippen LogP contribution is -2.20. The molecule has 0 aromatic heterocycles. The minimum atomic E-state index is -0.923. The van der Waals surface area contributed by atoms with Crippen LogP contribution in [0.1, 0.15) is 5.56 Å². The van der Waals surface area contributed by atoms with Gasteiger partial charge in [0.05, 0.1) is 5.69 Å². The molecule has 1 amide bonds. The molecule has 1 aliphatic rings. The van der Waals surface area contributed by atoms with Gasteiger partial charge in [0.15, 0.2) is 18.1 Å². The molecule has 0 saturated heterocycles. The Kier molecular flexibility index (Phi) is 5.65. The zero-order valence-corrected chi connectivity index (χ0v) is 14.0. The van der Waals surface area contributed by atoms with Crippen LogP contribution in [0.25, 0.3) is 6.08 Å². The molecule has 0 saturated carbocycles. The summed E-state index contributed by atoms with van der Waals surface area (Å²) in [6.45, 7) is 0.325. The first kappa shape index (κ1) is 18.4. The van der Waals surface area contributed by atoms with E-state index in [9.17, 15) is 18.4 Å². The van der Waals surface area contributed by atoms with Crippen LogP contribution in [0.4, 0.5) is 14.5 Å². The van der Waals surface area contributed by atoms with E-state index in [2.05, 4.69) is 5.32 Å². The van der Waals surface area contributed by atoms with Crippen LogP contribution < -0.4 is 14.8 Å². The number of fused-ring (bicyclic) bond motifs is 1. The lowest BCUT2D eigenvalue weighted by Gasteiger charge is -2.18. The number of rotatable bonds is 5. The first-order chi connectivity index (χ1) is 13.0. The topological polar surface area (TPSA) is 73.9 Å². The normalized spacial score (nSPS) is 12.7. The van der Waals surface area contributed by atoms with Gasteiger partial charge in [0.25, 0.3) is 5.91 Å². The van der Waals surface area contributed by atoms with E-state index in [1.54, 1.807) is 18.2 Å². The maximum Gasteiger partial charge on any atom is 0.331 e. The number of ether oxygens (including phenoxy) is 3. The molecule has 0 aliphatic carbocycles. The minimum Gasteiger partial charge on any atom is -0.486 e. The highest BCUT2D eigenvalue weighted by atomic mass is 19.1. The SMILES string of the molecule is O=C(COC(=O)/C=C/c1ccc2c(c1)OCCO2)Nc1ccc(F)cc1F. The van der Waals surface area contributed by atoms with Crippen molar-refractivity contribution in [2.24, 2.45) is 0 Å². The van der Waals surface area contributed by atoms with Gasteiger partial charge in [-0.05, 0) is 35.9 Å². The first-order valence-corrected chi connectivity index (χ1v) is 8.00. The Hall–Kier alpha value is -3.42. The monoisotopic (exact) mass is 375 g/mol. The molecule has 0 radical (unpaired) electrons. The Balaban J connectivity index is 1.50. The fourth-order valence-corrected chi connectivity index (χ4v) is 2.29. The number of halogens is 2. The summed E-state index contributed by atoms with van der Waals surface area (Å²) in [5.74, 6) is -1.97. The van der Waals surface area contributed by atoms with Crippen molar-refractivity contribution >= 4 is 23.6 Å². The van der Waals surface area contributed by atoms with Crippen molar-refractivity contribution in [2.75, 3.05) is 25.1 Å². The van der Waals surface area contributed by atoms with Crippen molar-refractivity contribution in [3.8, 4) is 11.5 Å². The van der Waals surface area contributed by atoms with Gasteiger partial charge in [-0.3, -0.25) is 4.79 Å². The van der Waals surface area contributed by atoms with E-state index in [0.29, 0.717) is 36.3 Å². The number of esters is 1. The smallest absolute Gasteiger partial charge is 0.331 e.